The van der Waals surface area contributed by atoms with Crippen molar-refractivity contribution in [2.45, 2.75) is 63.6 Å². The van der Waals surface area contributed by atoms with Crippen molar-refractivity contribution in [1.29, 1.82) is 0 Å². The number of rotatable bonds is 4. The predicted octanol–water partition coefficient (Wildman–Crippen LogP) is 3.15. The van der Waals surface area contributed by atoms with Crippen molar-refractivity contribution in [3.05, 3.63) is 30.3 Å². The summed E-state index contributed by atoms with van der Waals surface area (Å²) in [7, 11) is 1.36. The van der Waals surface area contributed by atoms with E-state index in [0.717, 1.165) is 18.5 Å². The lowest BCUT2D eigenvalue weighted by Gasteiger charge is -2.33. The van der Waals surface area contributed by atoms with E-state index in [1.165, 1.54) is 12.0 Å². The molecule has 2 fully saturated rings. The molecule has 0 bridgehead atoms. The van der Waals surface area contributed by atoms with Crippen molar-refractivity contribution in [2.24, 2.45) is 0 Å². The van der Waals surface area contributed by atoms with Gasteiger partial charge in [-0.05, 0) is 45.7 Å². The molecule has 3 atom stereocenters. The quantitative estimate of drug-likeness (QED) is 0.808. The van der Waals surface area contributed by atoms with Crippen LogP contribution in [-0.4, -0.2) is 60.5 Å². The van der Waals surface area contributed by atoms with Crippen LogP contribution < -0.4 is 4.90 Å². The molecule has 6 nitrogen and oxygen atoms in total. The molecule has 1 aliphatic heterocycles. The maximum absolute atomic E-state index is 14.6. The summed E-state index contributed by atoms with van der Waals surface area (Å²) in [5.74, 6) is -0.332. The first-order valence-electron chi connectivity index (χ1n) is 9.27. The molecule has 148 valence electrons. The molecule has 0 N–H and O–H groups in total. The van der Waals surface area contributed by atoms with Crippen LogP contribution in [0, 0.1) is 0 Å². The molecule has 1 saturated carbocycles. The van der Waals surface area contributed by atoms with Gasteiger partial charge in [-0.25, -0.2) is 9.18 Å². The van der Waals surface area contributed by atoms with Gasteiger partial charge in [-0.2, -0.15) is 0 Å². The zero-order chi connectivity index (χ0) is 19.8. The molecule has 3 rings (SSSR count). The number of benzene rings is 1. The number of anilines is 1. The van der Waals surface area contributed by atoms with Crippen LogP contribution in [-0.2, 0) is 14.3 Å². The molecule has 1 aromatic carbocycles. The summed E-state index contributed by atoms with van der Waals surface area (Å²) in [5, 5.41) is 0. The van der Waals surface area contributed by atoms with E-state index < -0.39 is 30.0 Å². The fourth-order valence-corrected chi connectivity index (χ4v) is 3.42. The van der Waals surface area contributed by atoms with Gasteiger partial charge in [0.25, 0.3) is 5.91 Å². The summed E-state index contributed by atoms with van der Waals surface area (Å²) in [6.07, 6.45) is -1.40. The van der Waals surface area contributed by atoms with Crippen LogP contribution in [0.25, 0.3) is 0 Å². The second kappa shape index (κ2) is 7.46. The summed E-state index contributed by atoms with van der Waals surface area (Å²) in [6.45, 7) is 4.98. The molecule has 2 aliphatic rings. The Balaban J connectivity index is 1.91. The first-order chi connectivity index (χ1) is 12.7. The highest BCUT2D eigenvalue weighted by atomic mass is 19.1. The average molecular weight is 378 g/mol. The Morgan fingerprint density at radius 1 is 1.19 bits per heavy atom. The third-order valence-electron chi connectivity index (χ3n) is 4.71. The molecule has 2 amide bonds. The smallest absolute Gasteiger partial charge is 0.411 e. The van der Waals surface area contributed by atoms with Crippen LogP contribution in [0.3, 0.4) is 0 Å². The zero-order valence-corrected chi connectivity index (χ0v) is 16.2. The van der Waals surface area contributed by atoms with Gasteiger partial charge in [-0.15, -0.1) is 0 Å². The number of likely N-dealkylation sites (tertiary alicyclic amines) is 1. The molecule has 1 aliphatic carbocycles. The van der Waals surface area contributed by atoms with E-state index in [9.17, 15) is 14.0 Å². The third kappa shape index (κ3) is 4.24. The molecular weight excluding hydrogens is 351 g/mol. The van der Waals surface area contributed by atoms with Crippen LogP contribution >= 0.6 is 0 Å². The summed E-state index contributed by atoms with van der Waals surface area (Å²) in [5.41, 5.74) is 0.00311. The number of amides is 2. The summed E-state index contributed by atoms with van der Waals surface area (Å²) in [6, 6.07) is 8.28. The van der Waals surface area contributed by atoms with Gasteiger partial charge >= 0.3 is 6.09 Å². The molecule has 7 heteroatoms. The zero-order valence-electron chi connectivity index (χ0n) is 16.2. The van der Waals surface area contributed by atoms with Crippen molar-refractivity contribution >= 4 is 17.7 Å². The van der Waals surface area contributed by atoms with Gasteiger partial charge in [0.15, 0.2) is 0 Å². The van der Waals surface area contributed by atoms with E-state index in [4.69, 9.17) is 9.47 Å². The first kappa shape index (κ1) is 19.6. The SMILES string of the molecule is CO[C@H]1[C@@H](C(=O)N(c2ccccc2)C2CC2)N(C(=O)OC(C)(C)C)C[C@@H]1F. The molecule has 0 aromatic heterocycles. The molecule has 27 heavy (non-hydrogen) atoms. The molecular formula is C20H27FN2O4. The molecule has 0 radical (unpaired) electrons. The summed E-state index contributed by atoms with van der Waals surface area (Å²) in [4.78, 5) is 28.9. The molecule has 1 heterocycles. The van der Waals surface area contributed by atoms with Crippen LogP contribution in [0.5, 0.6) is 0 Å². The Bertz CT molecular complexity index is 687. The highest BCUT2D eigenvalue weighted by molar-refractivity contribution is 6.00. The Morgan fingerprint density at radius 3 is 2.33 bits per heavy atom. The van der Waals surface area contributed by atoms with Gasteiger partial charge in [0.2, 0.25) is 0 Å². The Hall–Kier alpha value is -2.15. The van der Waals surface area contributed by atoms with E-state index >= 15 is 0 Å². The van der Waals surface area contributed by atoms with Crippen molar-refractivity contribution in [3.63, 3.8) is 0 Å². The van der Waals surface area contributed by atoms with Gasteiger partial charge in [-0.3, -0.25) is 9.69 Å². The second-order valence-corrected chi connectivity index (χ2v) is 8.07. The number of ether oxygens (including phenoxy) is 2. The van der Waals surface area contributed by atoms with E-state index in [0.29, 0.717) is 0 Å². The van der Waals surface area contributed by atoms with E-state index in [1.54, 1.807) is 25.7 Å². The highest BCUT2D eigenvalue weighted by Crippen LogP contribution is 2.35. The molecule has 1 aromatic rings. The van der Waals surface area contributed by atoms with E-state index in [2.05, 4.69) is 0 Å². The van der Waals surface area contributed by atoms with Crippen molar-refractivity contribution in [2.75, 3.05) is 18.6 Å². The van der Waals surface area contributed by atoms with Crippen LogP contribution in [0.2, 0.25) is 0 Å². The van der Waals surface area contributed by atoms with Gasteiger partial charge in [-0.1, -0.05) is 18.2 Å². The van der Waals surface area contributed by atoms with E-state index in [-0.39, 0.29) is 18.5 Å². The number of halogens is 1. The topological polar surface area (TPSA) is 59.1 Å². The summed E-state index contributed by atoms with van der Waals surface area (Å²) >= 11 is 0. The predicted molar refractivity (Wildman–Crippen MR) is 99.4 cm³/mol. The third-order valence-corrected chi connectivity index (χ3v) is 4.71. The highest BCUT2D eigenvalue weighted by Gasteiger charge is 2.52. The number of hydrogen-bond donors (Lipinski definition) is 0. The number of methoxy groups -OCH3 is 1. The van der Waals surface area contributed by atoms with Crippen molar-refractivity contribution < 1.29 is 23.5 Å². The maximum atomic E-state index is 14.6. The van der Waals surface area contributed by atoms with Crippen molar-refractivity contribution in [1.82, 2.24) is 4.90 Å². The average Bonchev–Trinajstić information content (AvgIpc) is 3.36. The largest absolute Gasteiger partial charge is 0.444 e. The van der Waals surface area contributed by atoms with Gasteiger partial charge in [0, 0.05) is 18.8 Å². The van der Waals surface area contributed by atoms with Crippen molar-refractivity contribution in [3.8, 4) is 0 Å². The lowest BCUT2D eigenvalue weighted by atomic mass is 10.1. The first-order valence-corrected chi connectivity index (χ1v) is 9.27. The van der Waals surface area contributed by atoms with Gasteiger partial charge < -0.3 is 14.4 Å². The lowest BCUT2D eigenvalue weighted by molar-refractivity contribution is -0.126. The Morgan fingerprint density at radius 2 is 1.81 bits per heavy atom. The summed E-state index contributed by atoms with van der Waals surface area (Å²) < 4.78 is 25.3. The fourth-order valence-electron chi connectivity index (χ4n) is 3.42. The fraction of sp³-hybridized carbons (Fsp3) is 0.600. The lowest BCUT2D eigenvalue weighted by Crippen LogP contribution is -2.54. The van der Waals surface area contributed by atoms with Gasteiger partial charge in [0.05, 0.1) is 6.54 Å². The van der Waals surface area contributed by atoms with E-state index in [1.807, 2.05) is 30.3 Å². The number of hydrogen-bond acceptors (Lipinski definition) is 4. The monoisotopic (exact) mass is 378 g/mol. The van der Waals surface area contributed by atoms with Crippen LogP contribution in [0.4, 0.5) is 14.9 Å². The maximum Gasteiger partial charge on any atom is 0.411 e. The normalized spacial score (nSPS) is 25.4. The minimum Gasteiger partial charge on any atom is -0.444 e. The molecule has 0 unspecified atom stereocenters. The molecule has 1 saturated heterocycles. The number of para-hydroxylation sites is 1. The minimum absolute atomic E-state index is 0.0663. The number of carbonyl (C=O) groups excluding carboxylic acids is 2. The number of alkyl halides is 1. The number of nitrogens with zero attached hydrogens (tertiary/aromatic N) is 2. The Kier molecular flexibility index (Phi) is 5.42. The second-order valence-electron chi connectivity index (χ2n) is 8.07. The number of carbonyl (C=O) groups is 2. The van der Waals surface area contributed by atoms with Crippen LogP contribution in [0.15, 0.2) is 30.3 Å². The molecule has 0 spiro atoms. The Labute approximate surface area is 159 Å². The van der Waals surface area contributed by atoms with Crippen LogP contribution in [0.1, 0.15) is 33.6 Å². The minimum atomic E-state index is -1.45. The standard InChI is InChI=1S/C20H27FN2O4/c1-20(2,3)27-19(25)22-12-15(21)17(26-4)16(22)18(24)23(14-10-11-14)13-8-6-5-7-9-13/h5-9,14-17H,10-12H2,1-4H3/t15-,16-,17+/m0/s1. The van der Waals surface area contributed by atoms with Gasteiger partial charge in [0.1, 0.15) is 23.9 Å².